The minimum Gasteiger partial charge on any atom is -0.360 e. The highest BCUT2D eigenvalue weighted by Crippen LogP contribution is 2.30. The predicted octanol–water partition coefficient (Wildman–Crippen LogP) is 4.89. The van der Waals surface area contributed by atoms with Crippen molar-refractivity contribution in [1.29, 1.82) is 0 Å². The molecule has 2 heteroatoms. The summed E-state index contributed by atoms with van der Waals surface area (Å²) in [6, 6.07) is 10.2. The lowest BCUT2D eigenvalue weighted by molar-refractivity contribution is 1.09. The molecule has 0 aliphatic heterocycles. The van der Waals surface area contributed by atoms with Gasteiger partial charge in [0.25, 0.3) is 0 Å². The van der Waals surface area contributed by atoms with E-state index in [4.69, 9.17) is 0 Å². The van der Waals surface area contributed by atoms with E-state index in [1.165, 1.54) is 0 Å². The first-order chi connectivity index (χ1) is 13.2. The highest BCUT2D eigenvalue weighted by atomic mass is 14.9. The summed E-state index contributed by atoms with van der Waals surface area (Å²) < 4.78 is 2.10. The lowest BCUT2D eigenvalue weighted by Gasteiger charge is -2.03. The number of H-pyrrole nitrogens is 1. The van der Waals surface area contributed by atoms with Gasteiger partial charge in [-0.3, -0.25) is 0 Å². The van der Waals surface area contributed by atoms with Gasteiger partial charge in [-0.1, -0.05) is 68.3 Å². The highest BCUT2D eigenvalue weighted by molar-refractivity contribution is 5.80. The fourth-order valence-electron chi connectivity index (χ4n) is 3.09. The molecule has 0 saturated carbocycles. The van der Waals surface area contributed by atoms with Gasteiger partial charge in [-0.05, 0) is 35.6 Å². The predicted molar refractivity (Wildman–Crippen MR) is 118 cm³/mol. The molecule has 2 heterocycles. The van der Waals surface area contributed by atoms with E-state index in [-0.39, 0.29) is 0 Å². The van der Waals surface area contributed by atoms with E-state index in [9.17, 15) is 0 Å². The number of aromatic nitrogens is 2. The van der Waals surface area contributed by atoms with Crippen molar-refractivity contribution >= 4 is 24.9 Å². The second kappa shape index (κ2) is 8.24. The van der Waals surface area contributed by atoms with Crippen molar-refractivity contribution in [3.05, 3.63) is 107 Å². The second-order valence-corrected chi connectivity index (χ2v) is 6.26. The molecular formula is C25H24N2. The van der Waals surface area contributed by atoms with Crippen LogP contribution in [-0.2, 0) is 0 Å². The van der Waals surface area contributed by atoms with Gasteiger partial charge in [0, 0.05) is 41.0 Å². The normalized spacial score (nSPS) is 12.3. The number of hydrogen-bond acceptors (Lipinski definition) is 0. The van der Waals surface area contributed by atoms with E-state index in [0.717, 1.165) is 38.5 Å². The lowest BCUT2D eigenvalue weighted by Crippen LogP contribution is -2.21. The molecule has 1 N–H and O–H groups in total. The first kappa shape index (κ1) is 18.3. The number of nitrogens with zero attached hydrogens (tertiary/aromatic N) is 1. The Morgan fingerprint density at radius 1 is 1.04 bits per heavy atom. The maximum atomic E-state index is 4.11. The van der Waals surface area contributed by atoms with E-state index >= 15 is 0 Å². The quantitative estimate of drug-likeness (QED) is 0.610. The Balaban J connectivity index is 2.04. The summed E-state index contributed by atoms with van der Waals surface area (Å²) in [5.74, 6) is 0. The average molecular weight is 352 g/mol. The molecular weight excluding hydrogens is 328 g/mol. The third-order valence-corrected chi connectivity index (χ3v) is 4.58. The summed E-state index contributed by atoms with van der Waals surface area (Å²) in [5, 5.41) is 2.12. The number of hydrogen-bond donors (Lipinski definition) is 1. The molecule has 2 nitrogen and oxygen atoms in total. The molecule has 0 saturated heterocycles. The van der Waals surface area contributed by atoms with Gasteiger partial charge in [-0.15, -0.1) is 0 Å². The molecule has 3 aromatic rings. The van der Waals surface area contributed by atoms with Gasteiger partial charge in [0.05, 0.1) is 5.69 Å². The van der Waals surface area contributed by atoms with Gasteiger partial charge in [0.15, 0.2) is 0 Å². The second-order valence-electron chi connectivity index (χ2n) is 6.26. The monoisotopic (exact) mass is 352 g/mol. The van der Waals surface area contributed by atoms with Gasteiger partial charge in [0.2, 0.25) is 0 Å². The summed E-state index contributed by atoms with van der Waals surface area (Å²) >= 11 is 0. The molecule has 0 radical (unpaired) electrons. The van der Waals surface area contributed by atoms with Crippen molar-refractivity contribution in [2.45, 2.75) is 6.92 Å². The third kappa shape index (κ3) is 3.85. The zero-order valence-corrected chi connectivity index (χ0v) is 15.7. The Morgan fingerprint density at radius 2 is 1.85 bits per heavy atom. The minimum atomic E-state index is 1.01. The molecule has 0 spiro atoms. The number of nitrogens with one attached hydrogen (secondary N) is 1. The average Bonchev–Trinajstić information content (AvgIpc) is 3.23. The molecule has 0 fully saturated rings. The first-order valence-corrected chi connectivity index (χ1v) is 8.89. The van der Waals surface area contributed by atoms with E-state index in [0.29, 0.717) is 0 Å². The van der Waals surface area contributed by atoms with Crippen LogP contribution >= 0.6 is 0 Å². The number of rotatable bonds is 6. The smallest absolute Gasteiger partial charge is 0.0551 e. The van der Waals surface area contributed by atoms with Gasteiger partial charge < -0.3 is 9.55 Å². The van der Waals surface area contributed by atoms with Crippen molar-refractivity contribution in [1.82, 2.24) is 9.55 Å². The van der Waals surface area contributed by atoms with Crippen LogP contribution < -0.4 is 10.4 Å². The lowest BCUT2D eigenvalue weighted by atomic mass is 10.0. The SMILES string of the molecule is C=C/C=C\C=C\n1ccc(-c2[nH]cc(/C=c3/ccccc3=C)c2C=C)c1C. The Bertz CT molecular complexity index is 1130. The molecule has 2 aromatic heterocycles. The van der Waals surface area contributed by atoms with Crippen LogP contribution in [0.15, 0.2) is 80.2 Å². The largest absolute Gasteiger partial charge is 0.360 e. The summed E-state index contributed by atoms with van der Waals surface area (Å²) in [4.78, 5) is 3.42. The maximum absolute atomic E-state index is 4.11. The Hall–Kier alpha value is -3.52. The van der Waals surface area contributed by atoms with Crippen LogP contribution in [0.2, 0.25) is 0 Å². The number of aromatic amines is 1. The summed E-state index contributed by atoms with van der Waals surface area (Å²) in [7, 11) is 0. The molecule has 134 valence electrons. The van der Waals surface area contributed by atoms with E-state index in [2.05, 4.69) is 60.6 Å². The standard InChI is InChI=1S/C25H24N2/c1-5-7-8-11-15-27-16-14-24(20(27)4)25-23(6-2)22(18-26-25)17-21-13-10-9-12-19(21)3/h5-18,26H,1-3H2,4H3/b8-7-,15-11+,21-17-. The summed E-state index contributed by atoms with van der Waals surface area (Å²) in [6.07, 6.45) is 17.8. The molecule has 0 unspecified atom stereocenters. The van der Waals surface area contributed by atoms with Gasteiger partial charge in [0.1, 0.15) is 0 Å². The third-order valence-electron chi connectivity index (χ3n) is 4.58. The van der Waals surface area contributed by atoms with Crippen molar-refractivity contribution in [3.63, 3.8) is 0 Å². The minimum absolute atomic E-state index is 1.01. The number of allylic oxidation sites excluding steroid dienone is 4. The zero-order valence-electron chi connectivity index (χ0n) is 15.7. The molecule has 0 aliphatic rings. The van der Waals surface area contributed by atoms with Crippen LogP contribution in [-0.4, -0.2) is 9.55 Å². The Morgan fingerprint density at radius 3 is 2.59 bits per heavy atom. The van der Waals surface area contributed by atoms with Crippen LogP contribution in [0.25, 0.3) is 36.2 Å². The summed E-state index contributed by atoms with van der Waals surface area (Å²) in [5.41, 5.74) is 5.59. The molecule has 27 heavy (non-hydrogen) atoms. The summed E-state index contributed by atoms with van der Waals surface area (Å²) in [6.45, 7) is 13.9. The fraction of sp³-hybridized carbons (Fsp3) is 0.0400. The Labute approximate surface area is 160 Å². The van der Waals surface area contributed by atoms with Crippen LogP contribution in [0.1, 0.15) is 16.8 Å². The molecule has 3 rings (SSSR count). The van der Waals surface area contributed by atoms with Crippen LogP contribution in [0.4, 0.5) is 0 Å². The van der Waals surface area contributed by atoms with E-state index < -0.39 is 0 Å². The Kier molecular flexibility index (Phi) is 5.58. The highest BCUT2D eigenvalue weighted by Gasteiger charge is 2.13. The van der Waals surface area contributed by atoms with Crippen LogP contribution in [0.3, 0.4) is 0 Å². The first-order valence-electron chi connectivity index (χ1n) is 8.89. The van der Waals surface area contributed by atoms with Crippen molar-refractivity contribution in [2.75, 3.05) is 0 Å². The van der Waals surface area contributed by atoms with Crippen molar-refractivity contribution < 1.29 is 0 Å². The molecule has 0 aliphatic carbocycles. The maximum Gasteiger partial charge on any atom is 0.0551 e. The van der Waals surface area contributed by atoms with Gasteiger partial charge in [-0.25, -0.2) is 0 Å². The van der Waals surface area contributed by atoms with Crippen LogP contribution in [0.5, 0.6) is 0 Å². The van der Waals surface area contributed by atoms with E-state index in [1.54, 1.807) is 6.08 Å². The van der Waals surface area contributed by atoms with Gasteiger partial charge in [-0.2, -0.15) is 0 Å². The fourth-order valence-corrected chi connectivity index (χ4v) is 3.09. The molecule has 1 aromatic carbocycles. The van der Waals surface area contributed by atoms with Crippen LogP contribution in [0, 0.1) is 6.92 Å². The molecule has 0 amide bonds. The molecule has 0 atom stereocenters. The molecule has 0 bridgehead atoms. The number of benzene rings is 1. The topological polar surface area (TPSA) is 20.7 Å². The van der Waals surface area contributed by atoms with Crippen molar-refractivity contribution in [3.8, 4) is 11.3 Å². The van der Waals surface area contributed by atoms with Crippen molar-refractivity contribution in [2.24, 2.45) is 0 Å². The van der Waals surface area contributed by atoms with Gasteiger partial charge >= 0.3 is 0 Å². The van der Waals surface area contributed by atoms with E-state index in [1.807, 2.05) is 54.9 Å². The zero-order chi connectivity index (χ0) is 19.2.